The molecule has 0 aliphatic carbocycles. The number of imidazole rings is 1. The monoisotopic (exact) mass is 1750 g/mol. The second-order valence-corrected chi connectivity index (χ2v) is 39.3. The van der Waals surface area contributed by atoms with E-state index in [0.717, 1.165) is 83.1 Å². The Hall–Kier alpha value is -10.0. The number of amides is 2. The second kappa shape index (κ2) is 38.0. The number of nitrogens with two attached hydrogens (primary N) is 2. The van der Waals surface area contributed by atoms with E-state index in [-0.39, 0.29) is 120 Å². The summed E-state index contributed by atoms with van der Waals surface area (Å²) < 4.78 is 154. The van der Waals surface area contributed by atoms with Gasteiger partial charge in [0.1, 0.15) is 46.9 Å². The molecule has 0 spiro atoms. The fourth-order valence-electron chi connectivity index (χ4n) is 17.2. The van der Waals surface area contributed by atoms with Crippen LogP contribution in [0.3, 0.4) is 0 Å². The van der Waals surface area contributed by atoms with Crippen molar-refractivity contribution < 1.29 is 86.0 Å². The van der Waals surface area contributed by atoms with Crippen LogP contribution in [0.4, 0.5) is 5.69 Å². The molecule has 4 aliphatic heterocycles. The minimum atomic E-state index is -4.93. The standard InChI is InChI=1S/C89H106N10O19S4/c1-88(2)54-61(57-121(109,110)111)70-50-73-80(52-78(70)98(88)36-16-46-119(90,105)106)118-81-53-79-71(62(58-122(112,113)114)55-89(3,4)99(79)37-17-47-120(91,107)108)51-74(81)83(73)66-23-6-7-24-68(66)87(104)95(5)34-13-20-64(101)22-15-41-116-43-45-117-44-42-115-40-14-21-63(100)19-10-11-35-96-39-33-92-82(96)56-97-38-32-60-29-28-59(48-77(60)97)18-12-27-76-84(69-25-8-9-26-75(69)93-76)85-72-49-65(102)30-31-67(72)86(103)94-85/h6-9,23-26,28-33,38-39,48-55,85,93H,10-22,27,34-37,40-47,56-58H2,1-5H3,(H7-,90,91,94,102,103,105,106,107,108,109,110,111,112,113,114). The highest BCUT2D eigenvalue weighted by Crippen LogP contribution is 2.48. The maximum atomic E-state index is 15.0. The molecule has 0 saturated heterocycles. The first-order chi connectivity index (χ1) is 57.9. The van der Waals surface area contributed by atoms with Crippen molar-refractivity contribution in [1.29, 1.82) is 0 Å². The maximum absolute atomic E-state index is 15.0. The molecule has 0 fully saturated rings. The molecular formula is C89H106N10O19S4. The van der Waals surface area contributed by atoms with E-state index >= 15 is 0 Å². The van der Waals surface area contributed by atoms with Crippen LogP contribution >= 0.6 is 0 Å². The van der Waals surface area contributed by atoms with Gasteiger partial charge >= 0.3 is 0 Å². The number of hydrogen-bond donors (Lipinski definition) is 6. The maximum Gasteiger partial charge on any atom is 0.269 e. The molecule has 1 unspecified atom stereocenters. The van der Waals surface area contributed by atoms with E-state index in [1.807, 2.05) is 34.0 Å². The topological polar surface area (TPSA) is 417 Å². The number of unbranched alkanes of at least 4 members (excludes halogenated alkanes) is 1. The Morgan fingerprint density at radius 3 is 2.06 bits per heavy atom. The molecule has 3 aromatic heterocycles. The van der Waals surface area contributed by atoms with Crippen LogP contribution in [0.15, 0.2) is 146 Å². The Labute approximate surface area is 711 Å². The fraction of sp³-hybridized carbons (Fsp3) is 0.416. The number of rotatable bonds is 44. The van der Waals surface area contributed by atoms with Crippen LogP contribution in [0.2, 0.25) is 0 Å². The van der Waals surface area contributed by atoms with Crippen molar-refractivity contribution in [3.8, 4) is 17.2 Å². The SMILES string of the molecule is CN(CCCC(=O)CCCOCCOCCOCCCC(=O)CCCCn1ccnc1Cn1ccc2ccc(CCCc3[nH]c4ccccc4c3C3NC(=O)c4ccc(O)cc43)cc21)C(=O)c1ccccc1C1=c2cc3c(cc2Oc2cc4c(cc21)C(CS(=O)(=O)[O-])=CC(C)(C)N4CCCS(N)(=O)=O)=[N+](CCCS(N)(=O)=O)C(C)(C)C=C3CS(=O)(=O)O. The van der Waals surface area contributed by atoms with Gasteiger partial charge in [-0.3, -0.25) is 23.7 Å². The third-order valence-corrected chi connectivity index (χ3v) is 25.9. The lowest BCUT2D eigenvalue weighted by Crippen LogP contribution is -2.50. The third kappa shape index (κ3) is 22.3. The number of aryl methyl sites for hydroxylation is 3. The van der Waals surface area contributed by atoms with Crippen LogP contribution in [0.25, 0.3) is 38.5 Å². The van der Waals surface area contributed by atoms with Crippen molar-refractivity contribution >= 4 is 108 Å². The van der Waals surface area contributed by atoms with Crippen molar-refractivity contribution in [2.45, 2.75) is 148 Å². The number of aromatic amines is 1. The number of carbonyl (C=O) groups is 4. The summed E-state index contributed by atoms with van der Waals surface area (Å²) in [5.74, 6) is -1.47. The van der Waals surface area contributed by atoms with Gasteiger partial charge in [-0.15, -0.1) is 0 Å². The largest absolute Gasteiger partial charge is 0.748 e. The molecule has 6 aromatic carbocycles. The molecule has 4 aliphatic rings. The van der Waals surface area contributed by atoms with E-state index in [0.29, 0.717) is 122 Å². The van der Waals surface area contributed by atoms with Crippen LogP contribution < -0.4 is 40.4 Å². The summed E-state index contributed by atoms with van der Waals surface area (Å²) in [6.07, 6.45) is 16.2. The summed E-state index contributed by atoms with van der Waals surface area (Å²) in [5, 5.41) is 27.3. The minimum Gasteiger partial charge on any atom is -0.748 e. The van der Waals surface area contributed by atoms with Gasteiger partial charge in [-0.05, 0) is 166 Å². The number of primary sulfonamides is 2. The predicted octanol–water partition coefficient (Wildman–Crippen LogP) is 9.34. The number of nitrogens with one attached hydrogen (secondary N) is 2. The normalized spacial score (nSPS) is 15.5. The van der Waals surface area contributed by atoms with Gasteiger partial charge in [-0.25, -0.2) is 45.1 Å². The van der Waals surface area contributed by atoms with Gasteiger partial charge in [0.25, 0.3) is 21.9 Å². The van der Waals surface area contributed by atoms with Crippen molar-refractivity contribution in [3.63, 3.8) is 0 Å². The summed E-state index contributed by atoms with van der Waals surface area (Å²) >= 11 is 0. The van der Waals surface area contributed by atoms with E-state index < -0.39 is 68.8 Å². The molecule has 13 rings (SSSR count). The number of aromatic hydroxyl groups is 1. The molecule has 0 bridgehead atoms. The molecule has 650 valence electrons. The first-order valence-electron chi connectivity index (χ1n) is 41.2. The minimum absolute atomic E-state index is 0.0203. The molecule has 1 atom stereocenters. The van der Waals surface area contributed by atoms with Crippen LogP contribution in [0, 0.1) is 0 Å². The number of ether oxygens (including phenoxy) is 4. The average Bonchev–Trinajstić information content (AvgIpc) is 0.960. The molecule has 29 nitrogen and oxygen atoms in total. The Balaban J connectivity index is 0.547. The zero-order chi connectivity index (χ0) is 87.1. The van der Waals surface area contributed by atoms with Crippen LogP contribution in [0.1, 0.15) is 182 Å². The van der Waals surface area contributed by atoms with E-state index in [1.165, 1.54) is 10.5 Å². The van der Waals surface area contributed by atoms with Gasteiger partial charge < -0.3 is 57.8 Å². The lowest BCUT2D eigenvalue weighted by atomic mass is 9.83. The predicted molar refractivity (Wildman–Crippen MR) is 466 cm³/mol. The number of aromatic nitrogens is 4. The molecule has 122 heavy (non-hydrogen) atoms. The van der Waals surface area contributed by atoms with Gasteiger partial charge in [0, 0.05) is 177 Å². The molecule has 9 aromatic rings. The highest BCUT2D eigenvalue weighted by molar-refractivity contribution is 7.89. The number of Topliss-reactive ketones (excluding diaryl/α,β-unsaturated/α-hetero) is 2. The van der Waals surface area contributed by atoms with Crippen molar-refractivity contribution in [2.24, 2.45) is 10.3 Å². The van der Waals surface area contributed by atoms with Crippen LogP contribution in [0.5, 0.6) is 17.2 Å². The quantitative estimate of drug-likeness (QED) is 0.0118. The number of benzene rings is 6. The zero-order valence-electron chi connectivity index (χ0n) is 69.2. The summed E-state index contributed by atoms with van der Waals surface area (Å²) in [7, 11) is -15.8. The van der Waals surface area contributed by atoms with Gasteiger partial charge in [-0.1, -0.05) is 54.6 Å². The molecule has 7 heterocycles. The van der Waals surface area contributed by atoms with E-state index in [4.69, 9.17) is 34.2 Å². The van der Waals surface area contributed by atoms with Gasteiger partial charge in [0.15, 0.2) is 5.54 Å². The zero-order valence-corrected chi connectivity index (χ0v) is 72.5. The Morgan fingerprint density at radius 2 is 1.34 bits per heavy atom. The number of phenolic OH excluding ortho intramolecular Hbond substituents is 1. The number of phenols is 1. The Morgan fingerprint density at radius 1 is 0.656 bits per heavy atom. The number of H-pyrrole nitrogens is 1. The van der Waals surface area contributed by atoms with E-state index in [9.17, 15) is 67.1 Å². The third-order valence-electron chi connectivity index (χ3n) is 22.9. The number of ketones is 2. The molecule has 0 saturated carbocycles. The highest BCUT2D eigenvalue weighted by atomic mass is 32.2. The smallest absolute Gasteiger partial charge is 0.269 e. The van der Waals surface area contributed by atoms with Crippen molar-refractivity contribution in [2.75, 3.05) is 94.2 Å². The first-order valence-corrected chi connectivity index (χ1v) is 47.8. The molecule has 0 radical (unpaired) electrons. The van der Waals surface area contributed by atoms with Crippen LogP contribution in [-0.4, -0.2) is 196 Å². The molecule has 2 amide bonds. The fourth-order valence-corrected chi connectivity index (χ4v) is 19.5. The van der Waals surface area contributed by atoms with E-state index in [1.54, 1.807) is 114 Å². The number of sulfonamides is 2. The van der Waals surface area contributed by atoms with Crippen molar-refractivity contribution in [3.05, 3.63) is 218 Å². The number of carbonyl (C=O) groups excluding carboxylic acids is 4. The number of para-hydroxylation sites is 1. The Kier molecular flexibility index (Phi) is 27.9. The first kappa shape index (κ1) is 89.7. The van der Waals surface area contributed by atoms with Gasteiger partial charge in [0.2, 0.25) is 25.4 Å². The number of nitrogens with zero attached hydrogens (tertiary/aromatic N) is 6. The van der Waals surface area contributed by atoms with Gasteiger partial charge in [0.05, 0.1) is 83.6 Å². The average molecular weight is 1750 g/mol. The lowest BCUT2D eigenvalue weighted by molar-refractivity contribution is -0.120. The number of anilines is 1. The summed E-state index contributed by atoms with van der Waals surface area (Å²) in [5.41, 5.74) is 7.35. The number of fused-ring (bicyclic) bond motifs is 7. The molecule has 8 N–H and O–H groups in total. The summed E-state index contributed by atoms with van der Waals surface area (Å²) in [4.78, 5) is 65.9. The summed E-state index contributed by atoms with van der Waals surface area (Å²) in [6, 6.07) is 34.8. The highest BCUT2D eigenvalue weighted by Gasteiger charge is 2.41. The van der Waals surface area contributed by atoms with Gasteiger partial charge in [-0.2, -0.15) is 8.42 Å². The van der Waals surface area contributed by atoms with E-state index in [2.05, 4.69) is 62.0 Å². The lowest BCUT2D eigenvalue weighted by Gasteiger charge is -2.44. The number of hydrogen-bond acceptors (Lipinski definition) is 20. The second-order valence-electron chi connectivity index (χ2n) is 32.9. The Bertz CT molecular complexity index is 6190. The summed E-state index contributed by atoms with van der Waals surface area (Å²) in [6.45, 7) is 11.0. The van der Waals surface area contributed by atoms with Crippen molar-refractivity contribution in [1.82, 2.24) is 33.9 Å². The van der Waals surface area contributed by atoms with Crippen LogP contribution in [-0.2, 0) is 90.0 Å². The molecule has 33 heteroatoms. The molecular weight excluding hydrogens is 1640 g/mol.